The summed E-state index contributed by atoms with van der Waals surface area (Å²) in [6.45, 7) is 0. The molecule has 0 saturated carbocycles. The summed E-state index contributed by atoms with van der Waals surface area (Å²) in [7, 11) is 0. The van der Waals surface area contributed by atoms with Gasteiger partial charge in [-0.05, 0) is 72.8 Å². The molecule has 0 aliphatic carbocycles. The van der Waals surface area contributed by atoms with E-state index < -0.39 is 0 Å². The van der Waals surface area contributed by atoms with Gasteiger partial charge in [0.25, 0.3) is 0 Å². The molecule has 6 heteroatoms. The average Bonchev–Trinajstić information content (AvgIpc) is 3.04. The molecule has 0 heterocycles. The van der Waals surface area contributed by atoms with Crippen LogP contribution in [0.2, 0.25) is 0 Å². The van der Waals surface area contributed by atoms with E-state index in [9.17, 15) is 10.2 Å². The largest absolute Gasteiger partial charge is 0.506 e. The van der Waals surface area contributed by atoms with Crippen LogP contribution in [-0.4, -0.2) is 10.2 Å². The number of hydrogen-bond donors (Lipinski definition) is 4. The van der Waals surface area contributed by atoms with Gasteiger partial charge in [-0.3, -0.25) is 0 Å². The summed E-state index contributed by atoms with van der Waals surface area (Å²) in [6.07, 6.45) is 0. The van der Waals surface area contributed by atoms with Gasteiger partial charge in [-0.15, -0.1) is 0 Å². The van der Waals surface area contributed by atoms with Gasteiger partial charge < -0.3 is 31.2 Å². The molecule has 0 aliphatic rings. The number of aromatic hydroxyl groups is 2. The molecule has 6 N–H and O–H groups in total. The number of nitrogen functional groups attached to an aromatic ring is 2. The zero-order valence-corrected chi connectivity index (χ0v) is 23.4. The number of rotatable bonds is 4. The second-order valence-corrected chi connectivity index (χ2v) is 9.85. The van der Waals surface area contributed by atoms with E-state index in [1.54, 1.807) is 24.3 Å². The molecule has 6 aromatic carbocycles. The van der Waals surface area contributed by atoms with Crippen LogP contribution in [0, 0.1) is 23.7 Å². The van der Waals surface area contributed by atoms with E-state index in [4.69, 9.17) is 20.9 Å². The van der Waals surface area contributed by atoms with Crippen LogP contribution in [0.1, 0.15) is 22.3 Å². The smallest absolute Gasteiger partial charge is 0.143 e. The topological polar surface area (TPSA) is 111 Å². The number of phenolic OH excluding ortho intramolecular Hbond substituents is 2. The van der Waals surface area contributed by atoms with Gasteiger partial charge in [-0.1, -0.05) is 60.1 Å². The average molecular weight is 575 g/mol. The minimum Gasteiger partial charge on any atom is -0.506 e. The van der Waals surface area contributed by atoms with Gasteiger partial charge >= 0.3 is 0 Å². The molecule has 0 fully saturated rings. The zero-order valence-electron chi connectivity index (χ0n) is 23.4. The predicted molar refractivity (Wildman–Crippen MR) is 174 cm³/mol. The Morgan fingerprint density at radius 3 is 1.25 bits per heavy atom. The van der Waals surface area contributed by atoms with Crippen molar-refractivity contribution in [3.8, 4) is 58.2 Å². The molecule has 0 aromatic heterocycles. The molecule has 0 aliphatic heterocycles. The Morgan fingerprint density at radius 1 is 0.455 bits per heavy atom. The van der Waals surface area contributed by atoms with E-state index in [2.05, 4.69) is 23.7 Å². The molecule has 6 aromatic rings. The van der Waals surface area contributed by atoms with Crippen molar-refractivity contribution in [2.24, 2.45) is 0 Å². The Bertz CT molecular complexity index is 1970. The highest BCUT2D eigenvalue weighted by Crippen LogP contribution is 2.39. The van der Waals surface area contributed by atoms with Crippen molar-refractivity contribution in [3.05, 3.63) is 144 Å². The van der Waals surface area contributed by atoms with Crippen molar-refractivity contribution in [3.63, 3.8) is 0 Å². The fourth-order valence-corrected chi connectivity index (χ4v) is 4.53. The zero-order chi connectivity index (χ0) is 30.5. The molecule has 0 radical (unpaired) electrons. The number of fused-ring (bicyclic) bond motifs is 1. The Balaban J connectivity index is 1.54. The van der Waals surface area contributed by atoms with E-state index in [0.29, 0.717) is 34.1 Å². The Hall–Kier alpha value is -6.50. The fraction of sp³-hybridized carbons (Fsp3) is 0. The van der Waals surface area contributed by atoms with E-state index >= 15 is 0 Å². The first-order chi connectivity index (χ1) is 21.4. The van der Waals surface area contributed by atoms with Crippen LogP contribution in [0.15, 0.2) is 121 Å². The first-order valence-corrected chi connectivity index (χ1v) is 13.7. The molecule has 0 amide bonds. The third kappa shape index (κ3) is 6.06. The summed E-state index contributed by atoms with van der Waals surface area (Å²) >= 11 is 0. The molecule has 0 spiro atoms. The summed E-state index contributed by atoms with van der Waals surface area (Å²) in [5.41, 5.74) is 15.0. The van der Waals surface area contributed by atoms with E-state index in [1.165, 1.54) is 12.1 Å². The van der Waals surface area contributed by atoms with Crippen molar-refractivity contribution in [2.45, 2.75) is 0 Å². The number of benzene rings is 6. The lowest BCUT2D eigenvalue weighted by Crippen LogP contribution is -1.95. The number of nitrogens with two attached hydrogens (primary N) is 2. The van der Waals surface area contributed by atoms with Crippen LogP contribution >= 0.6 is 0 Å². The van der Waals surface area contributed by atoms with Crippen LogP contribution in [0.3, 0.4) is 0 Å². The minimum absolute atomic E-state index is 0.0748. The van der Waals surface area contributed by atoms with Gasteiger partial charge in [-0.25, -0.2) is 0 Å². The molecule has 44 heavy (non-hydrogen) atoms. The van der Waals surface area contributed by atoms with Crippen LogP contribution in [0.5, 0.6) is 34.5 Å². The Morgan fingerprint density at radius 2 is 0.864 bits per heavy atom. The van der Waals surface area contributed by atoms with E-state index in [-0.39, 0.29) is 22.9 Å². The normalized spacial score (nSPS) is 10.3. The maximum absolute atomic E-state index is 10.2. The monoisotopic (exact) mass is 574 g/mol. The SMILES string of the molecule is Nc1ccc(Oc2ccc3c(C#Cc4ccccc4)c(Oc4ccc(N)c(O)c4)ccc3c2C#Cc2ccccc2)cc1O. The maximum atomic E-state index is 10.2. The first kappa shape index (κ1) is 27.7. The van der Waals surface area contributed by atoms with Crippen molar-refractivity contribution in [1.82, 2.24) is 0 Å². The number of phenols is 2. The number of anilines is 2. The van der Waals surface area contributed by atoms with Gasteiger partial charge in [0.1, 0.15) is 34.5 Å². The van der Waals surface area contributed by atoms with Crippen LogP contribution in [0.4, 0.5) is 11.4 Å². The lowest BCUT2D eigenvalue weighted by Gasteiger charge is -2.15. The van der Waals surface area contributed by atoms with Gasteiger partial charge in [0.2, 0.25) is 0 Å². The highest BCUT2D eigenvalue weighted by molar-refractivity contribution is 5.96. The van der Waals surface area contributed by atoms with Gasteiger partial charge in [0.05, 0.1) is 22.5 Å². The van der Waals surface area contributed by atoms with Gasteiger partial charge in [0, 0.05) is 34.0 Å². The van der Waals surface area contributed by atoms with Gasteiger partial charge in [0.15, 0.2) is 0 Å². The minimum atomic E-state index is -0.0748. The lowest BCUT2D eigenvalue weighted by atomic mass is 9.98. The lowest BCUT2D eigenvalue weighted by molar-refractivity contribution is 0.455. The van der Waals surface area contributed by atoms with Crippen molar-refractivity contribution in [2.75, 3.05) is 11.5 Å². The highest BCUT2D eigenvalue weighted by Gasteiger charge is 2.16. The molecule has 0 saturated heterocycles. The summed E-state index contributed by atoms with van der Waals surface area (Å²) in [4.78, 5) is 0. The summed E-state index contributed by atoms with van der Waals surface area (Å²) in [5, 5.41) is 21.9. The second kappa shape index (κ2) is 12.2. The summed E-state index contributed by atoms with van der Waals surface area (Å²) in [5.74, 6) is 14.7. The first-order valence-electron chi connectivity index (χ1n) is 13.7. The third-order valence-corrected chi connectivity index (χ3v) is 6.80. The molecular formula is C38H26N2O4. The molecule has 6 nitrogen and oxygen atoms in total. The molecule has 0 bridgehead atoms. The van der Waals surface area contributed by atoms with Crippen molar-refractivity contribution in [1.29, 1.82) is 0 Å². The summed E-state index contributed by atoms with van der Waals surface area (Å²) < 4.78 is 12.5. The highest BCUT2D eigenvalue weighted by atomic mass is 16.5. The number of ether oxygens (including phenoxy) is 2. The predicted octanol–water partition coefficient (Wildman–Crippen LogP) is 7.80. The quantitative estimate of drug-likeness (QED) is 0.0971. The molecule has 0 atom stereocenters. The fourth-order valence-electron chi connectivity index (χ4n) is 4.53. The maximum Gasteiger partial charge on any atom is 0.143 e. The van der Waals surface area contributed by atoms with Gasteiger partial charge in [-0.2, -0.15) is 0 Å². The molecule has 0 unspecified atom stereocenters. The molecular weight excluding hydrogens is 548 g/mol. The molecule has 212 valence electrons. The van der Waals surface area contributed by atoms with Crippen molar-refractivity contribution < 1.29 is 19.7 Å². The van der Waals surface area contributed by atoms with E-state index in [0.717, 1.165) is 21.9 Å². The van der Waals surface area contributed by atoms with Crippen LogP contribution in [-0.2, 0) is 0 Å². The van der Waals surface area contributed by atoms with Crippen LogP contribution in [0.25, 0.3) is 10.8 Å². The Labute approximate surface area is 254 Å². The molecule has 6 rings (SSSR count). The summed E-state index contributed by atoms with van der Waals surface area (Å²) in [6, 6.07) is 36.2. The Kier molecular flexibility index (Phi) is 7.65. The van der Waals surface area contributed by atoms with E-state index in [1.807, 2.05) is 84.9 Å². The second-order valence-electron chi connectivity index (χ2n) is 9.85. The number of hydrogen-bond acceptors (Lipinski definition) is 6. The van der Waals surface area contributed by atoms with Crippen LogP contribution < -0.4 is 20.9 Å². The van der Waals surface area contributed by atoms with Crippen molar-refractivity contribution >= 4 is 22.1 Å². The standard InChI is InChI=1S/C38H26N2O4/c39-33-19-13-27(23-35(33)41)43-37-21-18-30-29(31(37)15-11-25-7-3-1-4-8-25)17-22-38(44-28-14-20-34(40)36(42)24-28)32(30)16-12-26-9-5-2-6-10-26/h1-10,13-14,17-24,41-42H,39-40H2. The third-order valence-electron chi connectivity index (χ3n) is 6.80.